The average Bonchev–Trinajstić information content (AvgIpc) is 3.56. The first kappa shape index (κ1) is 28.3. The number of aromatic nitrogens is 3. The molecular formula is C30H39FN6O2S. The van der Waals surface area contributed by atoms with Crippen molar-refractivity contribution in [3.8, 4) is 11.4 Å². The normalized spacial score (nSPS) is 18.3. The molecule has 3 aromatic heterocycles. The lowest BCUT2D eigenvalue weighted by Gasteiger charge is -2.33. The summed E-state index contributed by atoms with van der Waals surface area (Å²) in [7, 11) is 0. The predicted molar refractivity (Wildman–Crippen MR) is 158 cm³/mol. The number of thiazole rings is 1. The highest BCUT2D eigenvalue weighted by Gasteiger charge is 2.24. The summed E-state index contributed by atoms with van der Waals surface area (Å²) in [4.78, 5) is 24.7. The van der Waals surface area contributed by atoms with Gasteiger partial charge in [-0.3, -0.25) is 4.79 Å². The summed E-state index contributed by atoms with van der Waals surface area (Å²) in [6.45, 7) is 9.67. The number of amides is 1. The molecular weight excluding hydrogens is 527 g/mol. The number of carbonyl (C=O) groups excluding carboxylic acids is 1. The molecule has 1 aliphatic heterocycles. The topological polar surface area (TPSA) is 84.3 Å². The van der Waals surface area contributed by atoms with E-state index in [0.717, 1.165) is 66.7 Å². The lowest BCUT2D eigenvalue weighted by Crippen LogP contribution is -2.41. The molecule has 1 amide bonds. The van der Waals surface area contributed by atoms with Gasteiger partial charge in [0.25, 0.3) is 5.91 Å². The number of alkyl halides is 1. The Balaban J connectivity index is 1.24. The number of pyridine rings is 1. The van der Waals surface area contributed by atoms with Crippen LogP contribution in [0.3, 0.4) is 0 Å². The number of rotatable bonds is 9. The lowest BCUT2D eigenvalue weighted by molar-refractivity contribution is -0.0769. The molecule has 1 saturated carbocycles. The highest BCUT2D eigenvalue weighted by molar-refractivity contribution is 7.14. The highest BCUT2D eigenvalue weighted by Crippen LogP contribution is 2.32. The standard InChI is InChI=1S/C30H39FN6O2S/c1-20(31)39-23-10-7-14-36(18-23)27-12-6-11-24(33-27)26-19-40-29(35-26)34-25(21-8-5-9-21)16-32-28(38)22-13-15-37(17-22)30(2,3)4/h6,11-13,15,17,19-20,23H,5,7-10,14,16,18H2,1-4H3,(H,32,38)(H,34,35). The Morgan fingerprint density at radius 3 is 2.73 bits per heavy atom. The maximum absolute atomic E-state index is 13.4. The molecule has 10 heteroatoms. The van der Waals surface area contributed by atoms with Gasteiger partial charge in [-0.15, -0.1) is 11.3 Å². The first-order chi connectivity index (χ1) is 19.2. The van der Waals surface area contributed by atoms with Gasteiger partial charge in [0.1, 0.15) is 11.5 Å². The van der Waals surface area contributed by atoms with E-state index in [-0.39, 0.29) is 17.6 Å². The van der Waals surface area contributed by atoms with Gasteiger partial charge in [0.2, 0.25) is 0 Å². The fraction of sp³-hybridized carbons (Fsp3) is 0.500. The van der Waals surface area contributed by atoms with Crippen LogP contribution in [-0.2, 0) is 10.3 Å². The fourth-order valence-electron chi connectivity index (χ4n) is 4.97. The van der Waals surface area contributed by atoms with Crippen LogP contribution in [0.1, 0.15) is 70.2 Å². The number of nitrogens with one attached hydrogen (secondary N) is 2. The SMILES string of the molecule is CC(F)OC1CCCN(c2cccc(-c3csc(NC(CNC(=O)c4ccn(C(C)(C)C)c4)=C4CCC4)n3)n2)C1. The van der Waals surface area contributed by atoms with Gasteiger partial charge in [0, 0.05) is 42.1 Å². The number of piperidine rings is 1. The zero-order valence-corrected chi connectivity index (χ0v) is 24.6. The van der Waals surface area contributed by atoms with E-state index in [4.69, 9.17) is 14.7 Å². The van der Waals surface area contributed by atoms with Gasteiger partial charge in [0.15, 0.2) is 11.5 Å². The van der Waals surface area contributed by atoms with Crippen LogP contribution >= 0.6 is 11.3 Å². The Morgan fingerprint density at radius 2 is 2.02 bits per heavy atom. The molecule has 8 nitrogen and oxygen atoms in total. The van der Waals surface area contributed by atoms with Crippen LogP contribution in [0.4, 0.5) is 15.3 Å². The van der Waals surface area contributed by atoms with Gasteiger partial charge in [-0.05, 0) is 83.6 Å². The van der Waals surface area contributed by atoms with E-state index in [0.29, 0.717) is 18.7 Å². The molecule has 214 valence electrons. The Kier molecular flexibility index (Phi) is 8.56. The molecule has 40 heavy (non-hydrogen) atoms. The molecule has 4 heterocycles. The van der Waals surface area contributed by atoms with Crippen LogP contribution in [0.25, 0.3) is 11.4 Å². The van der Waals surface area contributed by atoms with Crippen molar-refractivity contribution in [3.05, 3.63) is 58.9 Å². The molecule has 5 rings (SSSR count). The summed E-state index contributed by atoms with van der Waals surface area (Å²) in [6.07, 6.45) is 7.45. The Bertz CT molecular complexity index is 1350. The maximum atomic E-state index is 13.4. The monoisotopic (exact) mass is 566 g/mol. The van der Waals surface area contributed by atoms with Gasteiger partial charge in [0.05, 0.1) is 23.9 Å². The number of halogens is 1. The summed E-state index contributed by atoms with van der Waals surface area (Å²) in [5, 5.41) is 9.34. The third kappa shape index (κ3) is 6.90. The zero-order valence-electron chi connectivity index (χ0n) is 23.7. The smallest absolute Gasteiger partial charge is 0.253 e. The number of allylic oxidation sites excluding steroid dienone is 1. The number of anilines is 2. The maximum Gasteiger partial charge on any atom is 0.253 e. The molecule has 0 radical (unpaired) electrons. The first-order valence-electron chi connectivity index (χ1n) is 14.1. The van der Waals surface area contributed by atoms with Crippen molar-refractivity contribution in [1.29, 1.82) is 0 Å². The molecule has 0 bridgehead atoms. The van der Waals surface area contributed by atoms with E-state index in [1.807, 2.05) is 46.6 Å². The van der Waals surface area contributed by atoms with Gasteiger partial charge in [-0.25, -0.2) is 14.4 Å². The Labute approximate surface area is 239 Å². The van der Waals surface area contributed by atoms with Gasteiger partial charge >= 0.3 is 0 Å². The largest absolute Gasteiger partial charge is 0.354 e. The summed E-state index contributed by atoms with van der Waals surface area (Å²) in [6, 6.07) is 7.78. The minimum absolute atomic E-state index is 0.0747. The van der Waals surface area contributed by atoms with Crippen molar-refractivity contribution in [2.24, 2.45) is 0 Å². The number of carbonyl (C=O) groups is 1. The number of nitrogens with zero attached hydrogens (tertiary/aromatic N) is 4. The second kappa shape index (κ2) is 12.1. The zero-order chi connectivity index (χ0) is 28.3. The van der Waals surface area contributed by atoms with Crippen molar-refractivity contribution >= 4 is 28.2 Å². The molecule has 1 aliphatic carbocycles. The minimum Gasteiger partial charge on any atom is -0.354 e. The Hall–Kier alpha value is -3.24. The summed E-state index contributed by atoms with van der Waals surface area (Å²) < 4.78 is 20.8. The fourth-order valence-corrected chi connectivity index (χ4v) is 5.70. The number of hydrogen-bond acceptors (Lipinski definition) is 7. The van der Waals surface area contributed by atoms with Gasteiger partial charge < -0.3 is 24.8 Å². The second-order valence-electron chi connectivity index (χ2n) is 11.5. The number of ether oxygens (including phenoxy) is 1. The highest BCUT2D eigenvalue weighted by atomic mass is 32.1. The average molecular weight is 567 g/mol. The molecule has 1 saturated heterocycles. The van der Waals surface area contributed by atoms with E-state index < -0.39 is 6.36 Å². The van der Waals surface area contributed by atoms with Gasteiger partial charge in [-0.2, -0.15) is 0 Å². The van der Waals surface area contributed by atoms with Gasteiger partial charge in [-0.1, -0.05) is 6.07 Å². The molecule has 3 aromatic rings. The minimum atomic E-state index is -1.27. The van der Waals surface area contributed by atoms with E-state index in [2.05, 4.69) is 36.3 Å². The third-order valence-corrected chi connectivity index (χ3v) is 8.14. The van der Waals surface area contributed by atoms with E-state index >= 15 is 0 Å². The van der Waals surface area contributed by atoms with Crippen LogP contribution < -0.4 is 15.5 Å². The molecule has 0 spiro atoms. The van der Waals surface area contributed by atoms with E-state index in [1.165, 1.54) is 23.8 Å². The van der Waals surface area contributed by atoms with Crippen molar-refractivity contribution in [2.45, 2.75) is 77.8 Å². The van der Waals surface area contributed by atoms with Crippen LogP contribution in [0, 0.1) is 0 Å². The van der Waals surface area contributed by atoms with Crippen LogP contribution in [0.2, 0.25) is 0 Å². The predicted octanol–water partition coefficient (Wildman–Crippen LogP) is 6.34. The Morgan fingerprint density at radius 1 is 1.20 bits per heavy atom. The molecule has 2 unspecified atom stereocenters. The van der Waals surface area contributed by atoms with Crippen LogP contribution in [0.15, 0.2) is 53.3 Å². The molecule has 2 aliphatic rings. The van der Waals surface area contributed by atoms with Crippen molar-refractivity contribution in [2.75, 3.05) is 29.9 Å². The van der Waals surface area contributed by atoms with E-state index in [1.54, 1.807) is 0 Å². The molecule has 2 atom stereocenters. The lowest BCUT2D eigenvalue weighted by atomic mass is 9.90. The summed E-state index contributed by atoms with van der Waals surface area (Å²) >= 11 is 1.52. The summed E-state index contributed by atoms with van der Waals surface area (Å²) in [5.74, 6) is 0.759. The first-order valence-corrected chi connectivity index (χ1v) is 15.0. The third-order valence-electron chi connectivity index (χ3n) is 7.38. The molecule has 0 aromatic carbocycles. The molecule has 2 fully saturated rings. The van der Waals surface area contributed by atoms with Crippen molar-refractivity contribution in [3.63, 3.8) is 0 Å². The summed E-state index contributed by atoms with van der Waals surface area (Å²) in [5.41, 5.74) is 4.50. The quantitative estimate of drug-likeness (QED) is 0.314. The molecule has 2 N–H and O–H groups in total. The van der Waals surface area contributed by atoms with E-state index in [9.17, 15) is 9.18 Å². The second-order valence-corrected chi connectivity index (χ2v) is 12.4. The van der Waals surface area contributed by atoms with Crippen LogP contribution in [-0.4, -0.2) is 52.5 Å². The van der Waals surface area contributed by atoms with Crippen molar-refractivity contribution < 1.29 is 13.9 Å². The number of hydrogen-bond donors (Lipinski definition) is 2. The van der Waals surface area contributed by atoms with Crippen molar-refractivity contribution in [1.82, 2.24) is 19.9 Å². The van der Waals surface area contributed by atoms with Crippen LogP contribution in [0.5, 0.6) is 0 Å².